The van der Waals surface area contributed by atoms with Gasteiger partial charge in [-0.25, -0.2) is 0 Å². The molecular formula is C13H27NS. The number of thioether (sulfide) groups is 1. The Hall–Kier alpha value is 0.310. The van der Waals surface area contributed by atoms with Crippen LogP contribution in [0.4, 0.5) is 0 Å². The Labute approximate surface area is 99.8 Å². The summed E-state index contributed by atoms with van der Waals surface area (Å²) in [7, 11) is 0. The summed E-state index contributed by atoms with van der Waals surface area (Å²) in [6.45, 7) is 5.95. The molecule has 1 nitrogen and oxygen atoms in total. The lowest BCUT2D eigenvalue weighted by molar-refractivity contribution is 0.363. The van der Waals surface area contributed by atoms with Crippen molar-refractivity contribution in [3.05, 3.63) is 0 Å². The van der Waals surface area contributed by atoms with Crippen molar-refractivity contribution in [3.8, 4) is 0 Å². The van der Waals surface area contributed by atoms with E-state index in [1.54, 1.807) is 0 Å². The van der Waals surface area contributed by atoms with Gasteiger partial charge in [-0.1, -0.05) is 13.8 Å². The molecule has 1 N–H and O–H groups in total. The van der Waals surface area contributed by atoms with Gasteiger partial charge in [-0.2, -0.15) is 11.8 Å². The number of hydrogen-bond acceptors (Lipinski definition) is 2. The van der Waals surface area contributed by atoms with Gasteiger partial charge >= 0.3 is 0 Å². The molecule has 1 rings (SSSR count). The zero-order valence-corrected chi connectivity index (χ0v) is 11.4. The molecule has 0 spiro atoms. The summed E-state index contributed by atoms with van der Waals surface area (Å²) >= 11 is 1.98. The van der Waals surface area contributed by atoms with Gasteiger partial charge in [0, 0.05) is 6.04 Å². The van der Waals surface area contributed by atoms with Crippen LogP contribution in [0.3, 0.4) is 0 Å². The Morgan fingerprint density at radius 3 is 2.60 bits per heavy atom. The van der Waals surface area contributed by atoms with E-state index in [4.69, 9.17) is 0 Å². The van der Waals surface area contributed by atoms with Crippen LogP contribution in [0.1, 0.15) is 46.0 Å². The Balaban J connectivity index is 2.11. The average molecular weight is 229 g/mol. The highest BCUT2D eigenvalue weighted by Crippen LogP contribution is 2.22. The van der Waals surface area contributed by atoms with Gasteiger partial charge < -0.3 is 5.32 Å². The largest absolute Gasteiger partial charge is 0.314 e. The van der Waals surface area contributed by atoms with Crippen molar-refractivity contribution >= 4 is 11.8 Å². The minimum atomic E-state index is 0.852. The molecule has 1 unspecified atom stereocenters. The standard InChI is InChI=1S/C13H27NS/c1-11(2)9-12(5-4-8-15-3)10-14-13-6-7-13/h11-14H,4-10H2,1-3H3. The van der Waals surface area contributed by atoms with Gasteiger partial charge in [-0.3, -0.25) is 0 Å². The third kappa shape index (κ3) is 7.24. The molecule has 0 bridgehead atoms. The highest BCUT2D eigenvalue weighted by Gasteiger charge is 2.21. The first kappa shape index (κ1) is 13.4. The fourth-order valence-corrected chi connectivity index (χ4v) is 2.56. The summed E-state index contributed by atoms with van der Waals surface area (Å²) < 4.78 is 0. The highest BCUT2D eigenvalue weighted by atomic mass is 32.2. The second kappa shape index (κ2) is 7.56. The van der Waals surface area contributed by atoms with Crippen LogP contribution in [-0.4, -0.2) is 24.6 Å². The van der Waals surface area contributed by atoms with E-state index >= 15 is 0 Å². The fraction of sp³-hybridized carbons (Fsp3) is 1.00. The molecule has 0 heterocycles. The van der Waals surface area contributed by atoms with Crippen molar-refractivity contribution in [2.45, 2.75) is 52.0 Å². The van der Waals surface area contributed by atoms with Gasteiger partial charge in [-0.05, 0) is 62.5 Å². The minimum absolute atomic E-state index is 0.852. The van der Waals surface area contributed by atoms with Crippen LogP contribution in [0.5, 0.6) is 0 Å². The molecule has 0 radical (unpaired) electrons. The molecule has 0 aromatic carbocycles. The molecule has 0 amide bonds. The molecule has 1 aliphatic carbocycles. The first-order valence-electron chi connectivity index (χ1n) is 6.44. The summed E-state index contributed by atoms with van der Waals surface area (Å²) in [6.07, 6.45) is 9.25. The first-order chi connectivity index (χ1) is 7.22. The third-order valence-corrected chi connectivity index (χ3v) is 3.74. The van der Waals surface area contributed by atoms with Crippen molar-refractivity contribution in [1.82, 2.24) is 5.32 Å². The van der Waals surface area contributed by atoms with E-state index < -0.39 is 0 Å². The molecule has 15 heavy (non-hydrogen) atoms. The van der Waals surface area contributed by atoms with Crippen LogP contribution in [0.2, 0.25) is 0 Å². The fourth-order valence-electron chi connectivity index (χ4n) is 2.11. The third-order valence-electron chi connectivity index (χ3n) is 3.04. The monoisotopic (exact) mass is 229 g/mol. The topological polar surface area (TPSA) is 12.0 Å². The number of nitrogens with one attached hydrogen (secondary N) is 1. The van der Waals surface area contributed by atoms with E-state index in [1.165, 1.54) is 44.4 Å². The van der Waals surface area contributed by atoms with E-state index in [-0.39, 0.29) is 0 Å². The summed E-state index contributed by atoms with van der Waals surface area (Å²) in [5.41, 5.74) is 0. The molecule has 0 aromatic heterocycles. The number of hydrogen-bond donors (Lipinski definition) is 1. The zero-order chi connectivity index (χ0) is 11.1. The van der Waals surface area contributed by atoms with E-state index in [0.29, 0.717) is 0 Å². The normalized spacial score (nSPS) is 18.4. The lowest BCUT2D eigenvalue weighted by atomic mass is 9.93. The summed E-state index contributed by atoms with van der Waals surface area (Å²) in [5.74, 6) is 3.10. The van der Waals surface area contributed by atoms with Gasteiger partial charge in [0.25, 0.3) is 0 Å². The predicted molar refractivity (Wildman–Crippen MR) is 71.6 cm³/mol. The summed E-state index contributed by atoms with van der Waals surface area (Å²) in [6, 6.07) is 0.875. The maximum atomic E-state index is 3.68. The zero-order valence-electron chi connectivity index (χ0n) is 10.6. The predicted octanol–water partition coefficient (Wildman–Crippen LogP) is 3.54. The molecule has 0 aromatic rings. The highest BCUT2D eigenvalue weighted by molar-refractivity contribution is 7.98. The van der Waals surface area contributed by atoms with Crippen LogP contribution in [0.15, 0.2) is 0 Å². The smallest absolute Gasteiger partial charge is 0.00683 e. The summed E-state index contributed by atoms with van der Waals surface area (Å²) in [4.78, 5) is 0. The second-order valence-electron chi connectivity index (χ2n) is 5.31. The number of rotatable bonds is 9. The lowest BCUT2D eigenvalue weighted by Gasteiger charge is -2.19. The van der Waals surface area contributed by atoms with Crippen LogP contribution < -0.4 is 5.32 Å². The molecular weight excluding hydrogens is 202 g/mol. The van der Waals surface area contributed by atoms with E-state index in [1.807, 2.05) is 11.8 Å². The average Bonchev–Trinajstić information content (AvgIpc) is 2.97. The van der Waals surface area contributed by atoms with Gasteiger partial charge in [0.1, 0.15) is 0 Å². The Morgan fingerprint density at radius 1 is 1.33 bits per heavy atom. The maximum Gasteiger partial charge on any atom is 0.00683 e. The Bertz CT molecular complexity index is 155. The second-order valence-corrected chi connectivity index (χ2v) is 6.30. The molecule has 0 saturated heterocycles. The molecule has 90 valence electrons. The van der Waals surface area contributed by atoms with Gasteiger partial charge in [0.2, 0.25) is 0 Å². The van der Waals surface area contributed by atoms with Gasteiger partial charge in [-0.15, -0.1) is 0 Å². The van der Waals surface area contributed by atoms with Crippen LogP contribution >= 0.6 is 11.8 Å². The van der Waals surface area contributed by atoms with Crippen molar-refractivity contribution in [3.63, 3.8) is 0 Å². The summed E-state index contributed by atoms with van der Waals surface area (Å²) in [5, 5.41) is 3.68. The molecule has 0 aliphatic heterocycles. The first-order valence-corrected chi connectivity index (χ1v) is 7.84. The molecule has 1 saturated carbocycles. The van der Waals surface area contributed by atoms with E-state index in [2.05, 4.69) is 25.4 Å². The van der Waals surface area contributed by atoms with Crippen molar-refractivity contribution in [1.29, 1.82) is 0 Å². The SMILES string of the molecule is CSCCCC(CNC1CC1)CC(C)C. The van der Waals surface area contributed by atoms with Gasteiger partial charge in [0.15, 0.2) is 0 Å². The van der Waals surface area contributed by atoms with Crippen LogP contribution in [-0.2, 0) is 0 Å². The van der Waals surface area contributed by atoms with E-state index in [0.717, 1.165) is 17.9 Å². The Kier molecular flexibility index (Phi) is 6.74. The molecule has 1 atom stereocenters. The molecule has 1 aliphatic rings. The molecule has 2 heteroatoms. The van der Waals surface area contributed by atoms with Crippen molar-refractivity contribution < 1.29 is 0 Å². The quantitative estimate of drug-likeness (QED) is 0.607. The minimum Gasteiger partial charge on any atom is -0.314 e. The van der Waals surface area contributed by atoms with Crippen LogP contribution in [0.25, 0.3) is 0 Å². The van der Waals surface area contributed by atoms with Crippen LogP contribution in [0, 0.1) is 11.8 Å². The van der Waals surface area contributed by atoms with Crippen molar-refractivity contribution in [2.24, 2.45) is 11.8 Å². The lowest BCUT2D eigenvalue weighted by Crippen LogP contribution is -2.25. The van der Waals surface area contributed by atoms with Gasteiger partial charge in [0.05, 0.1) is 0 Å². The van der Waals surface area contributed by atoms with E-state index in [9.17, 15) is 0 Å². The Morgan fingerprint density at radius 2 is 2.07 bits per heavy atom. The molecule has 1 fully saturated rings. The maximum absolute atomic E-state index is 3.68. The van der Waals surface area contributed by atoms with Crippen molar-refractivity contribution in [2.75, 3.05) is 18.6 Å².